The molecule has 1 aromatic carbocycles. The van der Waals surface area contributed by atoms with Crippen LogP contribution >= 0.6 is 12.2 Å². The highest BCUT2D eigenvalue weighted by molar-refractivity contribution is 7.80. The van der Waals surface area contributed by atoms with Crippen LogP contribution in [0.15, 0.2) is 24.3 Å². The van der Waals surface area contributed by atoms with Crippen LogP contribution < -0.4 is 11.1 Å². The van der Waals surface area contributed by atoms with Crippen molar-refractivity contribution in [2.24, 2.45) is 5.73 Å². The van der Waals surface area contributed by atoms with E-state index in [1.165, 1.54) is 5.56 Å². The van der Waals surface area contributed by atoms with Gasteiger partial charge in [0.15, 0.2) is 0 Å². The standard InChI is InChI=1S/C15H21N3OS/c1-11(19)17-13-6-8-18(9-7-13)10-12-4-2-3-5-14(12)15(16)20/h2-5,13H,6-10H2,1H3,(H2,16,20)(H,17,19). The fraction of sp³-hybridized carbons (Fsp3) is 0.467. The van der Waals surface area contributed by atoms with Crippen LogP contribution in [0.2, 0.25) is 0 Å². The van der Waals surface area contributed by atoms with Crippen molar-refractivity contribution in [1.29, 1.82) is 0 Å². The van der Waals surface area contributed by atoms with Crippen LogP contribution in [0.25, 0.3) is 0 Å². The molecule has 0 unspecified atom stereocenters. The molecule has 3 N–H and O–H groups in total. The Bertz CT molecular complexity index is 496. The van der Waals surface area contributed by atoms with E-state index in [1.807, 2.05) is 18.2 Å². The van der Waals surface area contributed by atoms with Gasteiger partial charge in [0.2, 0.25) is 5.91 Å². The maximum atomic E-state index is 11.1. The fourth-order valence-electron chi connectivity index (χ4n) is 2.66. The Hall–Kier alpha value is -1.46. The minimum atomic E-state index is 0.0577. The molecular weight excluding hydrogens is 270 g/mol. The third kappa shape index (κ3) is 4.02. The first-order valence-electron chi connectivity index (χ1n) is 6.93. The molecule has 0 radical (unpaired) electrons. The number of nitrogens with zero attached hydrogens (tertiary/aromatic N) is 1. The van der Waals surface area contributed by atoms with Gasteiger partial charge in [-0.1, -0.05) is 36.5 Å². The Labute approximate surface area is 125 Å². The first-order chi connectivity index (χ1) is 9.56. The highest BCUT2D eigenvalue weighted by Crippen LogP contribution is 2.16. The number of carbonyl (C=O) groups excluding carboxylic acids is 1. The van der Waals surface area contributed by atoms with Gasteiger partial charge < -0.3 is 11.1 Å². The molecule has 5 heteroatoms. The number of rotatable bonds is 4. The molecular formula is C15H21N3OS. The second-order valence-corrected chi connectivity index (χ2v) is 5.71. The number of piperidine rings is 1. The maximum Gasteiger partial charge on any atom is 0.217 e. The van der Waals surface area contributed by atoms with Crippen molar-refractivity contribution < 1.29 is 4.79 Å². The third-order valence-electron chi connectivity index (χ3n) is 3.67. The van der Waals surface area contributed by atoms with Crippen molar-refractivity contribution in [2.75, 3.05) is 13.1 Å². The summed E-state index contributed by atoms with van der Waals surface area (Å²) in [4.78, 5) is 13.9. The summed E-state index contributed by atoms with van der Waals surface area (Å²) in [5.74, 6) is 0.0577. The zero-order valence-corrected chi connectivity index (χ0v) is 12.6. The molecule has 4 nitrogen and oxygen atoms in total. The van der Waals surface area contributed by atoms with Crippen LogP contribution in [0.3, 0.4) is 0 Å². The second kappa shape index (κ2) is 6.81. The Kier molecular flexibility index (Phi) is 5.09. The number of likely N-dealkylation sites (tertiary alicyclic amines) is 1. The highest BCUT2D eigenvalue weighted by Gasteiger charge is 2.20. The summed E-state index contributed by atoms with van der Waals surface area (Å²) in [6, 6.07) is 8.34. The molecule has 1 aliphatic heterocycles. The number of nitrogens with two attached hydrogens (primary N) is 1. The lowest BCUT2D eigenvalue weighted by atomic mass is 10.0. The van der Waals surface area contributed by atoms with Gasteiger partial charge in [0, 0.05) is 38.2 Å². The van der Waals surface area contributed by atoms with Crippen LogP contribution in [-0.2, 0) is 11.3 Å². The van der Waals surface area contributed by atoms with E-state index in [2.05, 4.69) is 16.3 Å². The van der Waals surface area contributed by atoms with Crippen LogP contribution in [0, 0.1) is 0 Å². The molecule has 2 rings (SSSR count). The van der Waals surface area contributed by atoms with E-state index < -0.39 is 0 Å². The number of thiocarbonyl (C=S) groups is 1. The SMILES string of the molecule is CC(=O)NC1CCN(Cc2ccccc2C(N)=S)CC1. The zero-order chi connectivity index (χ0) is 14.5. The van der Waals surface area contributed by atoms with Gasteiger partial charge in [0.05, 0.1) is 0 Å². The molecule has 108 valence electrons. The van der Waals surface area contributed by atoms with Crippen molar-refractivity contribution in [2.45, 2.75) is 32.4 Å². The number of carbonyl (C=O) groups is 1. The smallest absolute Gasteiger partial charge is 0.217 e. The van der Waals surface area contributed by atoms with Gasteiger partial charge in [0.25, 0.3) is 0 Å². The van der Waals surface area contributed by atoms with Crippen molar-refractivity contribution in [1.82, 2.24) is 10.2 Å². The Morgan fingerprint density at radius 3 is 2.65 bits per heavy atom. The van der Waals surface area contributed by atoms with Crippen molar-refractivity contribution in [3.63, 3.8) is 0 Å². The molecule has 1 saturated heterocycles. The van der Waals surface area contributed by atoms with E-state index >= 15 is 0 Å². The summed E-state index contributed by atoms with van der Waals surface area (Å²) in [5.41, 5.74) is 7.91. The first kappa shape index (κ1) is 14.9. The normalized spacial score (nSPS) is 16.9. The number of benzene rings is 1. The van der Waals surface area contributed by atoms with Crippen LogP contribution in [0.5, 0.6) is 0 Å². The van der Waals surface area contributed by atoms with E-state index in [4.69, 9.17) is 18.0 Å². The molecule has 0 aromatic heterocycles. The molecule has 0 bridgehead atoms. The molecule has 1 fully saturated rings. The monoisotopic (exact) mass is 291 g/mol. The lowest BCUT2D eigenvalue weighted by Gasteiger charge is -2.32. The topological polar surface area (TPSA) is 58.4 Å². The predicted molar refractivity (Wildman–Crippen MR) is 84.4 cm³/mol. The van der Waals surface area contributed by atoms with Gasteiger partial charge >= 0.3 is 0 Å². The Balaban J connectivity index is 1.93. The number of hydrogen-bond donors (Lipinski definition) is 2. The highest BCUT2D eigenvalue weighted by atomic mass is 32.1. The van der Waals surface area contributed by atoms with Crippen LogP contribution in [0.4, 0.5) is 0 Å². The summed E-state index contributed by atoms with van der Waals surface area (Å²) in [6.07, 6.45) is 1.99. The summed E-state index contributed by atoms with van der Waals surface area (Å²) in [7, 11) is 0. The molecule has 1 aromatic rings. The van der Waals surface area contributed by atoms with Gasteiger partial charge in [-0.05, 0) is 18.4 Å². The van der Waals surface area contributed by atoms with Gasteiger partial charge in [-0.25, -0.2) is 0 Å². The second-order valence-electron chi connectivity index (χ2n) is 5.27. The van der Waals surface area contributed by atoms with Crippen LogP contribution in [-0.4, -0.2) is 34.9 Å². The lowest BCUT2D eigenvalue weighted by molar-refractivity contribution is -0.119. The maximum absolute atomic E-state index is 11.1. The minimum Gasteiger partial charge on any atom is -0.389 e. The average Bonchev–Trinajstić information content (AvgIpc) is 2.41. The molecule has 20 heavy (non-hydrogen) atoms. The Morgan fingerprint density at radius 1 is 1.40 bits per heavy atom. The lowest BCUT2D eigenvalue weighted by Crippen LogP contribution is -2.43. The van der Waals surface area contributed by atoms with Crippen molar-refractivity contribution in [3.05, 3.63) is 35.4 Å². The molecule has 0 aliphatic carbocycles. The molecule has 1 heterocycles. The zero-order valence-electron chi connectivity index (χ0n) is 11.8. The average molecular weight is 291 g/mol. The van der Waals surface area contributed by atoms with Crippen molar-refractivity contribution >= 4 is 23.1 Å². The van der Waals surface area contributed by atoms with Gasteiger partial charge in [-0.2, -0.15) is 0 Å². The fourth-order valence-corrected chi connectivity index (χ4v) is 2.86. The van der Waals surface area contributed by atoms with E-state index in [1.54, 1.807) is 6.92 Å². The molecule has 0 atom stereocenters. The molecule has 0 spiro atoms. The molecule has 1 amide bonds. The summed E-state index contributed by atoms with van der Waals surface area (Å²) < 4.78 is 0. The molecule has 0 saturated carbocycles. The van der Waals surface area contributed by atoms with E-state index in [-0.39, 0.29) is 5.91 Å². The van der Waals surface area contributed by atoms with Gasteiger partial charge in [-0.15, -0.1) is 0 Å². The largest absolute Gasteiger partial charge is 0.389 e. The predicted octanol–water partition coefficient (Wildman–Crippen LogP) is 1.42. The molecule has 1 aliphatic rings. The van der Waals surface area contributed by atoms with Crippen molar-refractivity contribution in [3.8, 4) is 0 Å². The Morgan fingerprint density at radius 2 is 2.05 bits per heavy atom. The number of hydrogen-bond acceptors (Lipinski definition) is 3. The van der Waals surface area contributed by atoms with Crippen LogP contribution in [0.1, 0.15) is 30.9 Å². The summed E-state index contributed by atoms with van der Waals surface area (Å²) in [5, 5.41) is 2.99. The quantitative estimate of drug-likeness (QED) is 0.824. The third-order valence-corrected chi connectivity index (χ3v) is 3.89. The number of amides is 1. The minimum absolute atomic E-state index is 0.0577. The van der Waals surface area contributed by atoms with Gasteiger partial charge in [-0.3, -0.25) is 9.69 Å². The number of nitrogens with one attached hydrogen (secondary N) is 1. The first-order valence-corrected chi connectivity index (χ1v) is 7.34. The van der Waals surface area contributed by atoms with E-state index in [9.17, 15) is 4.79 Å². The van der Waals surface area contributed by atoms with E-state index in [0.717, 1.165) is 38.0 Å². The van der Waals surface area contributed by atoms with Gasteiger partial charge in [0.1, 0.15) is 4.99 Å². The summed E-state index contributed by atoms with van der Waals surface area (Å²) in [6.45, 7) is 4.40. The summed E-state index contributed by atoms with van der Waals surface area (Å²) >= 11 is 5.10. The van der Waals surface area contributed by atoms with E-state index in [0.29, 0.717) is 11.0 Å².